The Kier molecular flexibility index (Phi) is 4.96. The van der Waals surface area contributed by atoms with Gasteiger partial charge in [-0.15, -0.1) is 0 Å². The zero-order valence-corrected chi connectivity index (χ0v) is 13.1. The molecule has 0 aliphatic rings. The topological polar surface area (TPSA) is 29.9 Å². The highest BCUT2D eigenvalue weighted by Gasteiger charge is 2.18. The number of rotatable bonds is 5. The van der Waals surface area contributed by atoms with E-state index in [4.69, 9.17) is 11.6 Å². The van der Waals surface area contributed by atoms with Gasteiger partial charge in [0.2, 0.25) is 0 Å². The lowest BCUT2D eigenvalue weighted by atomic mass is 10.1. The van der Waals surface area contributed by atoms with Crippen LogP contribution in [0, 0.1) is 25.5 Å². The van der Waals surface area contributed by atoms with Gasteiger partial charge in [-0.1, -0.05) is 18.5 Å². The second-order valence-corrected chi connectivity index (χ2v) is 5.36. The summed E-state index contributed by atoms with van der Waals surface area (Å²) in [5, 5.41) is 7.63. The number of aromatic nitrogens is 2. The molecule has 0 saturated carbocycles. The summed E-state index contributed by atoms with van der Waals surface area (Å²) in [4.78, 5) is 0. The Hall–Kier alpha value is -1.46. The van der Waals surface area contributed by atoms with Crippen molar-refractivity contribution in [3.05, 3.63) is 45.7 Å². The van der Waals surface area contributed by atoms with Crippen LogP contribution in [0.1, 0.15) is 30.3 Å². The smallest absolute Gasteiger partial charge is 0.152 e. The van der Waals surface area contributed by atoms with Gasteiger partial charge in [-0.2, -0.15) is 5.10 Å². The van der Waals surface area contributed by atoms with Gasteiger partial charge in [-0.3, -0.25) is 0 Å². The summed E-state index contributed by atoms with van der Waals surface area (Å²) >= 11 is 6.03. The maximum atomic E-state index is 14.3. The zero-order chi connectivity index (χ0) is 15.6. The van der Waals surface area contributed by atoms with Crippen LogP contribution >= 0.6 is 11.6 Å². The molecule has 6 heteroatoms. The molecule has 3 nitrogen and oxygen atoms in total. The first-order valence-electron chi connectivity index (χ1n) is 6.86. The van der Waals surface area contributed by atoms with Gasteiger partial charge in [0.1, 0.15) is 5.69 Å². The van der Waals surface area contributed by atoms with E-state index in [0.29, 0.717) is 28.5 Å². The van der Waals surface area contributed by atoms with Gasteiger partial charge >= 0.3 is 0 Å². The summed E-state index contributed by atoms with van der Waals surface area (Å²) in [6.45, 7) is 6.64. The van der Waals surface area contributed by atoms with E-state index in [0.717, 1.165) is 13.0 Å². The molecule has 2 rings (SSSR count). The molecule has 0 saturated heterocycles. The van der Waals surface area contributed by atoms with Crippen molar-refractivity contribution in [2.24, 2.45) is 0 Å². The number of hydrogen-bond acceptors (Lipinski definition) is 2. The van der Waals surface area contributed by atoms with Crippen LogP contribution in [-0.4, -0.2) is 16.3 Å². The average molecular weight is 314 g/mol. The highest BCUT2D eigenvalue weighted by Crippen LogP contribution is 2.26. The Balaban J connectivity index is 2.39. The van der Waals surface area contributed by atoms with E-state index in [2.05, 4.69) is 10.4 Å². The minimum absolute atomic E-state index is 0.193. The van der Waals surface area contributed by atoms with Crippen molar-refractivity contribution in [2.45, 2.75) is 33.7 Å². The maximum absolute atomic E-state index is 14.3. The van der Waals surface area contributed by atoms with Crippen LogP contribution in [0.15, 0.2) is 12.1 Å². The summed E-state index contributed by atoms with van der Waals surface area (Å²) in [7, 11) is 0. The molecule has 0 fully saturated rings. The molecule has 0 amide bonds. The molecule has 1 heterocycles. The molecule has 114 valence electrons. The summed E-state index contributed by atoms with van der Waals surface area (Å²) in [5.41, 5.74) is 1.43. The quantitative estimate of drug-likeness (QED) is 0.848. The van der Waals surface area contributed by atoms with E-state index in [1.807, 2.05) is 6.92 Å². The number of nitrogens with one attached hydrogen (secondary N) is 1. The molecule has 0 atom stereocenters. The van der Waals surface area contributed by atoms with Gasteiger partial charge in [-0.25, -0.2) is 13.5 Å². The molecule has 2 aromatic rings. The van der Waals surface area contributed by atoms with Gasteiger partial charge in [-0.05, 0) is 44.5 Å². The lowest BCUT2D eigenvalue weighted by molar-refractivity contribution is 0.550. The second-order valence-electron chi connectivity index (χ2n) is 4.98. The van der Waals surface area contributed by atoms with Crippen molar-refractivity contribution in [3.63, 3.8) is 0 Å². The fourth-order valence-corrected chi connectivity index (χ4v) is 2.29. The van der Waals surface area contributed by atoms with E-state index in [1.165, 1.54) is 16.8 Å². The lowest BCUT2D eigenvalue weighted by Crippen LogP contribution is -2.15. The molecular formula is C15H18ClF2N3. The zero-order valence-electron chi connectivity index (χ0n) is 12.3. The Morgan fingerprint density at radius 3 is 2.33 bits per heavy atom. The summed E-state index contributed by atoms with van der Waals surface area (Å²) in [6.07, 6.45) is 0.966. The van der Waals surface area contributed by atoms with Crippen LogP contribution in [0.4, 0.5) is 8.78 Å². The molecular weight excluding hydrogens is 296 g/mol. The van der Waals surface area contributed by atoms with Crippen LogP contribution in [0.5, 0.6) is 0 Å². The van der Waals surface area contributed by atoms with Crippen molar-refractivity contribution < 1.29 is 8.78 Å². The molecule has 1 aromatic heterocycles. The first kappa shape index (κ1) is 15.9. The maximum Gasteiger partial charge on any atom is 0.152 e. The number of nitrogens with zero attached hydrogens (tertiary/aromatic N) is 2. The molecule has 1 aromatic carbocycles. The molecule has 21 heavy (non-hydrogen) atoms. The minimum atomic E-state index is -0.648. The summed E-state index contributed by atoms with van der Waals surface area (Å²) in [6, 6.07) is 2.65. The predicted molar refractivity (Wildman–Crippen MR) is 80.0 cm³/mol. The lowest BCUT2D eigenvalue weighted by Gasteiger charge is -2.10. The highest BCUT2D eigenvalue weighted by atomic mass is 35.5. The van der Waals surface area contributed by atoms with E-state index in [9.17, 15) is 8.78 Å². The van der Waals surface area contributed by atoms with Crippen LogP contribution in [-0.2, 0) is 6.54 Å². The molecule has 1 N–H and O–H groups in total. The highest BCUT2D eigenvalue weighted by molar-refractivity contribution is 6.31. The van der Waals surface area contributed by atoms with Crippen molar-refractivity contribution in [1.29, 1.82) is 0 Å². The SMILES string of the molecule is CCCNCc1cc(F)c(-n2nc(C)c(Cl)c2C)c(F)c1. The van der Waals surface area contributed by atoms with Crippen LogP contribution in [0.25, 0.3) is 5.69 Å². The third kappa shape index (κ3) is 3.24. The number of aryl methyl sites for hydroxylation is 1. The average Bonchev–Trinajstić information content (AvgIpc) is 2.66. The summed E-state index contributed by atoms with van der Waals surface area (Å²) in [5.74, 6) is -1.30. The Labute approximate surface area is 127 Å². The van der Waals surface area contributed by atoms with Gasteiger partial charge in [0.25, 0.3) is 0 Å². The van der Waals surface area contributed by atoms with Crippen molar-refractivity contribution in [2.75, 3.05) is 6.54 Å². The van der Waals surface area contributed by atoms with E-state index < -0.39 is 11.6 Å². The third-order valence-corrected chi connectivity index (χ3v) is 3.79. The Bertz CT molecular complexity index is 630. The molecule has 0 bridgehead atoms. The van der Waals surface area contributed by atoms with Gasteiger partial charge in [0.15, 0.2) is 11.6 Å². The third-order valence-electron chi connectivity index (χ3n) is 3.25. The first-order chi connectivity index (χ1) is 9.95. The number of halogens is 3. The first-order valence-corrected chi connectivity index (χ1v) is 7.24. The van der Waals surface area contributed by atoms with E-state index in [-0.39, 0.29) is 5.69 Å². The molecule has 0 aliphatic heterocycles. The van der Waals surface area contributed by atoms with E-state index in [1.54, 1.807) is 13.8 Å². The monoisotopic (exact) mass is 313 g/mol. The Morgan fingerprint density at radius 2 is 1.86 bits per heavy atom. The molecule has 0 aliphatic carbocycles. The van der Waals surface area contributed by atoms with Crippen molar-refractivity contribution in [3.8, 4) is 5.69 Å². The van der Waals surface area contributed by atoms with Gasteiger partial charge in [0, 0.05) is 6.54 Å². The van der Waals surface area contributed by atoms with Crippen LogP contribution in [0.3, 0.4) is 0 Å². The fourth-order valence-electron chi connectivity index (χ4n) is 2.17. The number of benzene rings is 1. The van der Waals surface area contributed by atoms with Gasteiger partial charge in [0.05, 0.1) is 16.4 Å². The standard InChI is InChI=1S/C15H18ClF2N3/c1-4-5-19-8-11-6-12(17)15(13(18)7-11)21-10(3)14(16)9(2)20-21/h6-7,19H,4-5,8H2,1-3H3. The molecule has 0 spiro atoms. The normalized spacial score (nSPS) is 11.1. The second kappa shape index (κ2) is 6.54. The molecule has 0 radical (unpaired) electrons. The van der Waals surface area contributed by atoms with Crippen LogP contribution in [0.2, 0.25) is 5.02 Å². The predicted octanol–water partition coefficient (Wildman–Crippen LogP) is 3.92. The number of hydrogen-bond donors (Lipinski definition) is 1. The largest absolute Gasteiger partial charge is 0.313 e. The van der Waals surface area contributed by atoms with Crippen molar-refractivity contribution in [1.82, 2.24) is 15.1 Å². The van der Waals surface area contributed by atoms with Crippen molar-refractivity contribution >= 4 is 11.6 Å². The van der Waals surface area contributed by atoms with Gasteiger partial charge < -0.3 is 5.32 Å². The Morgan fingerprint density at radius 1 is 1.24 bits per heavy atom. The fraction of sp³-hybridized carbons (Fsp3) is 0.400. The summed E-state index contributed by atoms with van der Waals surface area (Å²) < 4.78 is 29.7. The van der Waals surface area contributed by atoms with E-state index >= 15 is 0 Å². The van der Waals surface area contributed by atoms with Crippen LogP contribution < -0.4 is 5.32 Å². The molecule has 0 unspecified atom stereocenters. The minimum Gasteiger partial charge on any atom is -0.313 e.